The molecule has 1 fully saturated rings. The fourth-order valence-electron chi connectivity index (χ4n) is 1.58. The zero-order chi connectivity index (χ0) is 13.8. The number of amides is 1. The van der Waals surface area contributed by atoms with Crippen LogP contribution in [0, 0.1) is 0 Å². The number of aliphatic carboxylic acids is 1. The summed E-state index contributed by atoms with van der Waals surface area (Å²) in [7, 11) is 0. The van der Waals surface area contributed by atoms with Crippen LogP contribution in [0.1, 0.15) is 17.7 Å². The molecule has 4 nitrogen and oxygen atoms in total. The topological polar surface area (TPSA) is 57.6 Å². The van der Waals surface area contributed by atoms with E-state index in [-0.39, 0.29) is 12.3 Å². The maximum Gasteiger partial charge on any atom is 0.303 e. The lowest BCUT2D eigenvalue weighted by Crippen LogP contribution is -2.29. The summed E-state index contributed by atoms with van der Waals surface area (Å²) in [6.45, 7) is 0.360. The van der Waals surface area contributed by atoms with Crippen LogP contribution in [0.25, 0.3) is 6.08 Å². The van der Waals surface area contributed by atoms with Gasteiger partial charge in [-0.3, -0.25) is 14.5 Å². The smallest absolute Gasteiger partial charge is 0.303 e. The number of thiocarbonyl (C=S) groups is 1. The molecule has 100 valence electrons. The Hall–Kier alpha value is -1.18. The highest BCUT2D eigenvalue weighted by molar-refractivity contribution is 8.26. The molecule has 1 saturated heterocycles. The molecule has 0 unspecified atom stereocenters. The van der Waals surface area contributed by atoms with Crippen LogP contribution in [-0.2, 0) is 9.59 Å². The fourth-order valence-corrected chi connectivity index (χ4v) is 3.62. The Bertz CT molecular complexity index is 536. The number of hydrogen-bond acceptors (Lipinski definition) is 5. The van der Waals surface area contributed by atoms with Crippen molar-refractivity contribution < 1.29 is 14.7 Å². The maximum absolute atomic E-state index is 12.1. The first-order valence-corrected chi connectivity index (χ1v) is 7.69. The average molecular weight is 313 g/mol. The molecule has 1 aliphatic rings. The number of nitrogens with zero attached hydrogens (tertiary/aromatic N) is 1. The zero-order valence-corrected chi connectivity index (χ0v) is 12.3. The summed E-state index contributed by atoms with van der Waals surface area (Å²) in [6, 6.07) is 3.85. The summed E-state index contributed by atoms with van der Waals surface area (Å²) in [5.41, 5.74) is 0. The highest BCUT2D eigenvalue weighted by Gasteiger charge is 2.31. The van der Waals surface area contributed by atoms with E-state index in [0.29, 0.717) is 22.2 Å². The second kappa shape index (κ2) is 6.31. The number of carboxylic acid groups (broad SMARTS) is 1. The lowest BCUT2D eigenvalue weighted by atomic mass is 10.3. The van der Waals surface area contributed by atoms with E-state index < -0.39 is 5.97 Å². The van der Waals surface area contributed by atoms with E-state index in [1.54, 1.807) is 11.3 Å². The van der Waals surface area contributed by atoms with Gasteiger partial charge in [0.2, 0.25) is 0 Å². The van der Waals surface area contributed by atoms with Gasteiger partial charge in [-0.05, 0) is 23.9 Å². The van der Waals surface area contributed by atoms with Gasteiger partial charge in [-0.25, -0.2) is 0 Å². The van der Waals surface area contributed by atoms with Crippen LogP contribution in [0.5, 0.6) is 0 Å². The first-order valence-electron chi connectivity index (χ1n) is 5.58. The summed E-state index contributed by atoms with van der Waals surface area (Å²) < 4.78 is 0.498. The van der Waals surface area contributed by atoms with Crippen molar-refractivity contribution in [2.75, 3.05) is 6.54 Å². The number of thiophene rings is 1. The van der Waals surface area contributed by atoms with Gasteiger partial charge in [0.15, 0.2) is 0 Å². The third-order valence-corrected chi connectivity index (χ3v) is 4.66. The molecule has 1 N–H and O–H groups in total. The van der Waals surface area contributed by atoms with Crippen molar-refractivity contribution in [3.8, 4) is 0 Å². The molecule has 0 aromatic carbocycles. The second-order valence-corrected chi connectivity index (χ2v) is 6.50. The summed E-state index contributed by atoms with van der Waals surface area (Å²) >= 11 is 7.97. The van der Waals surface area contributed by atoms with Crippen molar-refractivity contribution in [1.29, 1.82) is 0 Å². The van der Waals surface area contributed by atoms with E-state index in [0.717, 1.165) is 4.88 Å². The van der Waals surface area contributed by atoms with Crippen LogP contribution in [0.15, 0.2) is 22.4 Å². The Kier molecular flexibility index (Phi) is 4.73. The predicted molar refractivity (Wildman–Crippen MR) is 81.1 cm³/mol. The van der Waals surface area contributed by atoms with Crippen molar-refractivity contribution in [2.24, 2.45) is 0 Å². The van der Waals surface area contributed by atoms with Gasteiger partial charge in [-0.15, -0.1) is 11.3 Å². The summed E-state index contributed by atoms with van der Waals surface area (Å²) in [6.07, 6.45) is 2.27. The van der Waals surface area contributed by atoms with Gasteiger partial charge in [-0.1, -0.05) is 30.0 Å². The van der Waals surface area contributed by atoms with Crippen LogP contribution in [0.3, 0.4) is 0 Å². The molecule has 1 aromatic heterocycles. The van der Waals surface area contributed by atoms with Gasteiger partial charge in [0, 0.05) is 17.8 Å². The van der Waals surface area contributed by atoms with Crippen LogP contribution >= 0.6 is 35.3 Å². The van der Waals surface area contributed by atoms with Gasteiger partial charge in [0.05, 0.1) is 4.91 Å². The standard InChI is InChI=1S/C12H11NO3S3/c14-10(15)4-1-5-13-11(16)9(19-12(13)17)7-8-3-2-6-18-8/h2-3,6-7H,1,4-5H2,(H,14,15)/b9-7-. The number of carboxylic acids is 1. The number of carbonyl (C=O) groups is 2. The molecule has 2 rings (SSSR count). The van der Waals surface area contributed by atoms with Crippen LogP contribution in [0.2, 0.25) is 0 Å². The molecule has 1 amide bonds. The van der Waals surface area contributed by atoms with Gasteiger partial charge >= 0.3 is 5.97 Å². The third-order valence-electron chi connectivity index (χ3n) is 2.46. The molecule has 0 saturated carbocycles. The van der Waals surface area contributed by atoms with Crippen LogP contribution in [0.4, 0.5) is 0 Å². The van der Waals surface area contributed by atoms with Crippen molar-refractivity contribution in [2.45, 2.75) is 12.8 Å². The lowest BCUT2D eigenvalue weighted by molar-refractivity contribution is -0.137. The highest BCUT2D eigenvalue weighted by Crippen LogP contribution is 2.33. The molecular weight excluding hydrogens is 302 g/mol. The normalized spacial score (nSPS) is 17.5. The predicted octanol–water partition coefficient (Wildman–Crippen LogP) is 2.81. The number of hydrogen-bond donors (Lipinski definition) is 1. The highest BCUT2D eigenvalue weighted by atomic mass is 32.2. The van der Waals surface area contributed by atoms with Gasteiger partial charge in [-0.2, -0.15) is 0 Å². The maximum atomic E-state index is 12.1. The van der Waals surface area contributed by atoms with E-state index in [1.165, 1.54) is 16.7 Å². The Balaban J connectivity index is 2.02. The molecule has 0 bridgehead atoms. The molecule has 0 radical (unpaired) electrons. The summed E-state index contributed by atoms with van der Waals surface area (Å²) in [5, 5.41) is 10.5. The van der Waals surface area contributed by atoms with E-state index in [9.17, 15) is 9.59 Å². The largest absolute Gasteiger partial charge is 0.481 e. The minimum Gasteiger partial charge on any atom is -0.481 e. The minimum absolute atomic E-state index is 0.0427. The Morgan fingerprint density at radius 2 is 2.32 bits per heavy atom. The molecule has 0 spiro atoms. The SMILES string of the molecule is O=C(O)CCCN1C(=O)/C(=C/c2cccs2)SC1=S. The number of thioether (sulfide) groups is 1. The van der Waals surface area contributed by atoms with Crippen molar-refractivity contribution in [1.82, 2.24) is 4.90 Å². The molecule has 1 aromatic rings. The number of carbonyl (C=O) groups excluding carboxylic acids is 1. The second-order valence-electron chi connectivity index (χ2n) is 3.85. The van der Waals surface area contributed by atoms with Gasteiger partial charge in [0.1, 0.15) is 4.32 Å². The van der Waals surface area contributed by atoms with Crippen molar-refractivity contribution in [3.63, 3.8) is 0 Å². The van der Waals surface area contributed by atoms with E-state index in [1.807, 2.05) is 23.6 Å². The molecule has 0 aliphatic carbocycles. The van der Waals surface area contributed by atoms with Crippen molar-refractivity contribution >= 4 is 57.6 Å². The molecule has 2 heterocycles. The summed E-state index contributed by atoms with van der Waals surface area (Å²) in [5.74, 6) is -0.992. The fraction of sp³-hybridized carbons (Fsp3) is 0.250. The Morgan fingerprint density at radius 1 is 1.53 bits per heavy atom. The molecule has 1 aliphatic heterocycles. The van der Waals surface area contributed by atoms with Crippen LogP contribution in [-0.4, -0.2) is 32.7 Å². The Morgan fingerprint density at radius 3 is 2.95 bits per heavy atom. The molecule has 7 heteroatoms. The van der Waals surface area contributed by atoms with Gasteiger partial charge < -0.3 is 5.11 Å². The molecule has 19 heavy (non-hydrogen) atoms. The first-order chi connectivity index (χ1) is 9.08. The third kappa shape index (κ3) is 3.65. The van der Waals surface area contributed by atoms with Crippen LogP contribution < -0.4 is 0 Å². The number of rotatable bonds is 5. The van der Waals surface area contributed by atoms with Gasteiger partial charge in [0.25, 0.3) is 5.91 Å². The molecule has 0 atom stereocenters. The summed E-state index contributed by atoms with van der Waals surface area (Å²) in [4.78, 5) is 25.7. The minimum atomic E-state index is -0.862. The molecular formula is C12H11NO3S3. The zero-order valence-electron chi connectivity index (χ0n) is 9.87. The van der Waals surface area contributed by atoms with Crippen molar-refractivity contribution in [3.05, 3.63) is 27.3 Å². The van der Waals surface area contributed by atoms with E-state index in [2.05, 4.69) is 0 Å². The van der Waals surface area contributed by atoms with E-state index >= 15 is 0 Å². The first kappa shape index (κ1) is 14.2. The Labute approximate surface area is 124 Å². The lowest BCUT2D eigenvalue weighted by Gasteiger charge is -2.13. The quantitative estimate of drug-likeness (QED) is 0.669. The average Bonchev–Trinajstić information content (AvgIpc) is 2.93. The monoisotopic (exact) mass is 313 g/mol. The van der Waals surface area contributed by atoms with E-state index in [4.69, 9.17) is 17.3 Å².